The van der Waals surface area contributed by atoms with Gasteiger partial charge in [0.15, 0.2) is 0 Å². The van der Waals surface area contributed by atoms with Crippen molar-refractivity contribution in [1.29, 1.82) is 5.26 Å². The van der Waals surface area contributed by atoms with Crippen LogP contribution in [-0.2, 0) is 6.54 Å². The first kappa shape index (κ1) is 12.7. The third-order valence-corrected chi connectivity index (χ3v) is 4.77. The molecule has 3 rings (SSSR count). The maximum atomic E-state index is 9.63. The third-order valence-electron chi connectivity index (χ3n) is 4.77. The molecule has 2 aliphatic carbocycles. The smallest absolute Gasteiger partial charge is 0.107 e. The van der Waals surface area contributed by atoms with Crippen LogP contribution < -0.4 is 5.32 Å². The molecule has 0 radical (unpaired) electrons. The zero-order valence-corrected chi connectivity index (χ0v) is 11.4. The molecular formula is C17H22N2. The van der Waals surface area contributed by atoms with Crippen LogP contribution in [0.2, 0.25) is 0 Å². The fraction of sp³-hybridized carbons (Fsp3) is 0.588. The first-order valence-electron chi connectivity index (χ1n) is 7.51. The molecular weight excluding hydrogens is 232 g/mol. The number of hydrogen-bond donors (Lipinski definition) is 1. The van der Waals surface area contributed by atoms with Gasteiger partial charge in [-0.3, -0.25) is 5.32 Å². The highest BCUT2D eigenvalue weighted by Crippen LogP contribution is 2.46. The second-order valence-electron chi connectivity index (χ2n) is 6.23. The monoisotopic (exact) mass is 254 g/mol. The van der Waals surface area contributed by atoms with Crippen molar-refractivity contribution < 1.29 is 0 Å². The van der Waals surface area contributed by atoms with E-state index in [-0.39, 0.29) is 5.54 Å². The summed E-state index contributed by atoms with van der Waals surface area (Å²) in [7, 11) is 0. The molecule has 2 fully saturated rings. The van der Waals surface area contributed by atoms with Crippen molar-refractivity contribution >= 4 is 0 Å². The Morgan fingerprint density at radius 1 is 1.16 bits per heavy atom. The lowest BCUT2D eigenvalue weighted by atomic mass is 9.74. The Hall–Kier alpha value is -1.33. The van der Waals surface area contributed by atoms with E-state index in [1.54, 1.807) is 0 Å². The van der Waals surface area contributed by atoms with Gasteiger partial charge in [0, 0.05) is 6.54 Å². The molecule has 1 N–H and O–H groups in total. The lowest BCUT2D eigenvalue weighted by Gasteiger charge is -2.36. The van der Waals surface area contributed by atoms with E-state index in [1.165, 1.54) is 31.2 Å². The minimum Gasteiger partial charge on any atom is -0.295 e. The summed E-state index contributed by atoms with van der Waals surface area (Å²) < 4.78 is 0. The molecule has 2 heteroatoms. The molecule has 0 saturated heterocycles. The van der Waals surface area contributed by atoms with E-state index in [2.05, 4.69) is 35.7 Å². The van der Waals surface area contributed by atoms with Gasteiger partial charge < -0.3 is 0 Å². The summed E-state index contributed by atoms with van der Waals surface area (Å²) in [6, 6.07) is 13.0. The number of nitrogens with zero attached hydrogens (tertiary/aromatic N) is 1. The molecule has 2 aliphatic rings. The van der Waals surface area contributed by atoms with E-state index in [0.29, 0.717) is 0 Å². The van der Waals surface area contributed by atoms with E-state index < -0.39 is 0 Å². The highest BCUT2D eigenvalue weighted by atomic mass is 15.0. The fourth-order valence-corrected chi connectivity index (χ4v) is 3.46. The van der Waals surface area contributed by atoms with Gasteiger partial charge in [-0.2, -0.15) is 5.26 Å². The van der Waals surface area contributed by atoms with E-state index in [0.717, 1.165) is 31.2 Å². The van der Waals surface area contributed by atoms with Crippen LogP contribution >= 0.6 is 0 Å². The standard InChI is InChI=1S/C17H22N2/c18-13-17(19-12-14-5-2-1-3-6-14)10-4-7-16(11-17)15-8-9-15/h1-3,5-6,15-16,19H,4,7-12H2. The molecule has 1 aromatic carbocycles. The Bertz CT molecular complexity index is 458. The molecule has 1 aromatic rings. The van der Waals surface area contributed by atoms with Crippen LogP contribution in [0.15, 0.2) is 30.3 Å². The van der Waals surface area contributed by atoms with Crippen LogP contribution in [0.1, 0.15) is 44.1 Å². The van der Waals surface area contributed by atoms with Crippen molar-refractivity contribution in [3.8, 4) is 6.07 Å². The van der Waals surface area contributed by atoms with Crippen molar-refractivity contribution in [2.75, 3.05) is 0 Å². The Morgan fingerprint density at radius 2 is 1.95 bits per heavy atom. The molecule has 2 saturated carbocycles. The van der Waals surface area contributed by atoms with Gasteiger partial charge in [-0.25, -0.2) is 0 Å². The van der Waals surface area contributed by atoms with Gasteiger partial charge in [-0.05, 0) is 49.5 Å². The van der Waals surface area contributed by atoms with Gasteiger partial charge >= 0.3 is 0 Å². The molecule has 100 valence electrons. The first-order chi connectivity index (χ1) is 9.31. The van der Waals surface area contributed by atoms with Gasteiger partial charge in [-0.15, -0.1) is 0 Å². The summed E-state index contributed by atoms with van der Waals surface area (Å²) in [6.45, 7) is 0.811. The molecule has 2 unspecified atom stereocenters. The number of benzene rings is 1. The van der Waals surface area contributed by atoms with Gasteiger partial charge in [0.05, 0.1) is 6.07 Å². The quantitative estimate of drug-likeness (QED) is 0.890. The second kappa shape index (κ2) is 5.35. The summed E-state index contributed by atoms with van der Waals surface area (Å²) in [5, 5.41) is 13.2. The van der Waals surface area contributed by atoms with Gasteiger partial charge in [0.25, 0.3) is 0 Å². The average molecular weight is 254 g/mol. The normalized spacial score (nSPS) is 30.8. The van der Waals surface area contributed by atoms with Crippen molar-refractivity contribution in [3.63, 3.8) is 0 Å². The predicted octanol–water partition coefficient (Wildman–Crippen LogP) is 3.64. The Balaban J connectivity index is 1.64. The molecule has 0 aromatic heterocycles. The fourth-order valence-electron chi connectivity index (χ4n) is 3.46. The van der Waals surface area contributed by atoms with Crippen LogP contribution in [0.3, 0.4) is 0 Å². The van der Waals surface area contributed by atoms with Crippen molar-refractivity contribution in [2.24, 2.45) is 11.8 Å². The van der Waals surface area contributed by atoms with E-state index in [4.69, 9.17) is 0 Å². The summed E-state index contributed by atoms with van der Waals surface area (Å²) >= 11 is 0. The highest BCUT2D eigenvalue weighted by molar-refractivity contribution is 5.17. The number of rotatable bonds is 4. The van der Waals surface area contributed by atoms with Crippen molar-refractivity contribution in [2.45, 2.75) is 50.6 Å². The summed E-state index contributed by atoms with van der Waals surface area (Å²) in [5.74, 6) is 1.71. The van der Waals surface area contributed by atoms with Crippen LogP contribution in [-0.4, -0.2) is 5.54 Å². The van der Waals surface area contributed by atoms with Gasteiger partial charge in [0.1, 0.15) is 5.54 Å². The number of nitriles is 1. The van der Waals surface area contributed by atoms with E-state index >= 15 is 0 Å². The third kappa shape index (κ3) is 2.98. The van der Waals surface area contributed by atoms with Crippen molar-refractivity contribution in [1.82, 2.24) is 5.32 Å². The van der Waals surface area contributed by atoms with Gasteiger partial charge in [0.2, 0.25) is 0 Å². The summed E-state index contributed by atoms with van der Waals surface area (Å²) in [4.78, 5) is 0. The van der Waals surface area contributed by atoms with Crippen LogP contribution in [0.5, 0.6) is 0 Å². The Morgan fingerprint density at radius 3 is 2.63 bits per heavy atom. The summed E-state index contributed by atoms with van der Waals surface area (Å²) in [5.41, 5.74) is 0.993. The maximum Gasteiger partial charge on any atom is 0.107 e. The molecule has 0 spiro atoms. The molecule has 0 aliphatic heterocycles. The lowest BCUT2D eigenvalue weighted by molar-refractivity contribution is 0.209. The first-order valence-corrected chi connectivity index (χ1v) is 7.51. The van der Waals surface area contributed by atoms with E-state index in [1.807, 2.05) is 6.07 Å². The van der Waals surface area contributed by atoms with E-state index in [9.17, 15) is 5.26 Å². The molecule has 0 bridgehead atoms. The number of nitrogens with one attached hydrogen (secondary N) is 1. The second-order valence-corrected chi connectivity index (χ2v) is 6.23. The van der Waals surface area contributed by atoms with Crippen LogP contribution in [0, 0.1) is 23.2 Å². The summed E-state index contributed by atoms with van der Waals surface area (Å²) in [6.07, 6.45) is 7.40. The molecule has 2 atom stereocenters. The van der Waals surface area contributed by atoms with Crippen LogP contribution in [0.25, 0.3) is 0 Å². The SMILES string of the molecule is N#CC1(NCc2ccccc2)CCCC(C2CC2)C1. The Kier molecular flexibility index (Phi) is 3.57. The molecule has 2 nitrogen and oxygen atoms in total. The Labute approximate surface area is 115 Å². The van der Waals surface area contributed by atoms with Crippen molar-refractivity contribution in [3.05, 3.63) is 35.9 Å². The number of hydrogen-bond acceptors (Lipinski definition) is 2. The molecule has 0 heterocycles. The molecule has 0 amide bonds. The topological polar surface area (TPSA) is 35.8 Å². The predicted molar refractivity (Wildman–Crippen MR) is 76.3 cm³/mol. The molecule has 19 heavy (non-hydrogen) atoms. The maximum absolute atomic E-state index is 9.63. The largest absolute Gasteiger partial charge is 0.295 e. The minimum absolute atomic E-state index is 0.276. The zero-order chi connectivity index (χ0) is 13.1. The average Bonchev–Trinajstić information content (AvgIpc) is 3.31. The highest BCUT2D eigenvalue weighted by Gasteiger charge is 2.41. The lowest BCUT2D eigenvalue weighted by Crippen LogP contribution is -2.47. The van der Waals surface area contributed by atoms with Gasteiger partial charge in [-0.1, -0.05) is 36.8 Å². The zero-order valence-electron chi connectivity index (χ0n) is 11.4. The van der Waals surface area contributed by atoms with Crippen LogP contribution in [0.4, 0.5) is 0 Å². The minimum atomic E-state index is -0.276.